The molecule has 0 unspecified atom stereocenters. The number of aryl methyl sites for hydroxylation is 2. The molecule has 0 atom stereocenters. The van der Waals surface area contributed by atoms with Gasteiger partial charge in [0.15, 0.2) is 0 Å². The summed E-state index contributed by atoms with van der Waals surface area (Å²) in [5.74, 6) is -0.342. The molecule has 1 saturated carbocycles. The summed E-state index contributed by atoms with van der Waals surface area (Å²) in [4.78, 5) is 4.81. The SMILES string of the molecule is Cc1cc(OS(=O)(=O)C(F)(F)F)cc(C)c1Cc1ccc2c(n1)c(C1CC1)cn2S(=O)(=O)Cc1ccccc1. The van der Waals surface area contributed by atoms with Crippen LogP contribution >= 0.6 is 0 Å². The third-order valence-corrected chi connectivity index (χ3v) is 9.30. The van der Waals surface area contributed by atoms with E-state index in [0.29, 0.717) is 39.8 Å². The lowest BCUT2D eigenvalue weighted by atomic mass is 9.97. The number of rotatable bonds is 8. The zero-order valence-electron chi connectivity index (χ0n) is 21.1. The van der Waals surface area contributed by atoms with Crippen molar-refractivity contribution >= 4 is 31.2 Å². The molecular weight excluding hydrogens is 553 g/mol. The predicted octanol–water partition coefficient (Wildman–Crippen LogP) is 5.73. The molecule has 1 aliphatic carbocycles. The van der Waals surface area contributed by atoms with E-state index in [0.717, 1.165) is 24.0 Å². The summed E-state index contributed by atoms with van der Waals surface area (Å²) in [7, 11) is -9.49. The fourth-order valence-electron chi connectivity index (χ4n) is 4.65. The van der Waals surface area contributed by atoms with Crippen LogP contribution in [0.15, 0.2) is 60.8 Å². The summed E-state index contributed by atoms with van der Waals surface area (Å²) >= 11 is 0. The van der Waals surface area contributed by atoms with Gasteiger partial charge in [-0.3, -0.25) is 4.98 Å². The van der Waals surface area contributed by atoms with Crippen LogP contribution in [0.1, 0.15) is 52.3 Å². The molecule has 0 N–H and O–H groups in total. The molecule has 5 rings (SSSR count). The molecule has 206 valence electrons. The van der Waals surface area contributed by atoms with Crippen molar-refractivity contribution < 1.29 is 34.2 Å². The molecule has 2 heterocycles. The second-order valence-corrected chi connectivity index (χ2v) is 13.1. The van der Waals surface area contributed by atoms with Gasteiger partial charge in [-0.25, -0.2) is 12.4 Å². The Bertz CT molecular complexity index is 1750. The van der Waals surface area contributed by atoms with Crippen LogP contribution in [-0.4, -0.2) is 31.3 Å². The van der Waals surface area contributed by atoms with Gasteiger partial charge in [0, 0.05) is 23.9 Å². The molecule has 0 spiro atoms. The maximum Gasteiger partial charge on any atom is 0.534 e. The van der Waals surface area contributed by atoms with E-state index in [2.05, 4.69) is 4.18 Å². The van der Waals surface area contributed by atoms with Crippen LogP contribution in [0.4, 0.5) is 13.2 Å². The maximum absolute atomic E-state index is 13.3. The van der Waals surface area contributed by atoms with Gasteiger partial charge in [0.2, 0.25) is 10.0 Å². The van der Waals surface area contributed by atoms with Crippen LogP contribution in [0, 0.1) is 13.8 Å². The Morgan fingerprint density at radius 3 is 2.21 bits per heavy atom. The van der Waals surface area contributed by atoms with Crippen molar-refractivity contribution in [3.05, 3.63) is 94.3 Å². The monoisotopic (exact) mass is 578 g/mol. The van der Waals surface area contributed by atoms with Gasteiger partial charge >= 0.3 is 15.6 Å². The Labute approximate surface area is 224 Å². The first kappa shape index (κ1) is 27.2. The minimum Gasteiger partial charge on any atom is -0.376 e. The van der Waals surface area contributed by atoms with Gasteiger partial charge in [-0.05, 0) is 79.1 Å². The number of hydrogen-bond acceptors (Lipinski definition) is 6. The summed E-state index contributed by atoms with van der Waals surface area (Å²) in [6.07, 6.45) is 3.88. The van der Waals surface area contributed by atoms with E-state index in [4.69, 9.17) is 4.98 Å². The van der Waals surface area contributed by atoms with Crippen molar-refractivity contribution in [3.63, 3.8) is 0 Å². The third-order valence-electron chi connectivity index (χ3n) is 6.72. The number of hydrogen-bond donors (Lipinski definition) is 0. The van der Waals surface area contributed by atoms with Crippen molar-refractivity contribution in [2.24, 2.45) is 0 Å². The molecule has 0 radical (unpaired) electrons. The normalized spacial score (nSPS) is 14.6. The Hall–Kier alpha value is -3.38. The highest BCUT2D eigenvalue weighted by atomic mass is 32.2. The molecule has 2 aromatic carbocycles. The van der Waals surface area contributed by atoms with Crippen LogP contribution < -0.4 is 4.18 Å². The molecule has 0 saturated heterocycles. The number of pyridine rings is 1. The first-order valence-corrected chi connectivity index (χ1v) is 15.2. The van der Waals surface area contributed by atoms with Gasteiger partial charge in [0.25, 0.3) is 0 Å². The van der Waals surface area contributed by atoms with Crippen LogP contribution in [0.3, 0.4) is 0 Å². The van der Waals surface area contributed by atoms with Crippen molar-refractivity contribution in [3.8, 4) is 5.75 Å². The lowest BCUT2D eigenvalue weighted by Crippen LogP contribution is -2.28. The topological polar surface area (TPSA) is 95.3 Å². The van der Waals surface area contributed by atoms with Gasteiger partial charge in [0.1, 0.15) is 5.75 Å². The highest BCUT2D eigenvalue weighted by Gasteiger charge is 2.48. The van der Waals surface area contributed by atoms with Crippen molar-refractivity contribution in [1.29, 1.82) is 0 Å². The standard InChI is InChI=1S/C27H25F3N2O5S2/c1-17-12-22(37-39(35,36)27(28,29)30)13-18(2)23(17)14-21-10-11-25-26(31-21)24(20-8-9-20)15-32(25)38(33,34)16-19-6-4-3-5-7-19/h3-7,10-13,15,20H,8-9,14,16H2,1-2H3. The highest BCUT2D eigenvalue weighted by Crippen LogP contribution is 2.44. The molecule has 12 heteroatoms. The number of benzene rings is 2. The second-order valence-electron chi connectivity index (χ2n) is 9.76. The largest absolute Gasteiger partial charge is 0.534 e. The van der Waals surface area contributed by atoms with E-state index < -0.39 is 31.4 Å². The lowest BCUT2D eigenvalue weighted by Gasteiger charge is -2.14. The van der Waals surface area contributed by atoms with Crippen molar-refractivity contribution in [1.82, 2.24) is 8.96 Å². The summed E-state index contributed by atoms with van der Waals surface area (Å²) < 4.78 is 93.3. The smallest absolute Gasteiger partial charge is 0.376 e. The second kappa shape index (κ2) is 9.67. The van der Waals surface area contributed by atoms with E-state index >= 15 is 0 Å². The maximum atomic E-state index is 13.3. The zero-order valence-corrected chi connectivity index (χ0v) is 22.7. The highest BCUT2D eigenvalue weighted by molar-refractivity contribution is 7.89. The number of aromatic nitrogens is 2. The molecular formula is C27H25F3N2O5S2. The molecule has 1 aliphatic rings. The first-order chi connectivity index (χ1) is 18.2. The fraction of sp³-hybridized carbons (Fsp3) is 0.296. The van der Waals surface area contributed by atoms with Gasteiger partial charge in [-0.1, -0.05) is 30.3 Å². The van der Waals surface area contributed by atoms with E-state index in [-0.39, 0.29) is 11.7 Å². The molecule has 0 aliphatic heterocycles. The molecule has 39 heavy (non-hydrogen) atoms. The molecule has 0 amide bonds. The fourth-order valence-corrected chi connectivity index (χ4v) is 6.57. The minimum absolute atomic E-state index is 0.152. The van der Waals surface area contributed by atoms with Crippen LogP contribution in [0.25, 0.3) is 11.0 Å². The Balaban J connectivity index is 1.48. The number of fused-ring (bicyclic) bond motifs is 1. The Kier molecular flexibility index (Phi) is 6.74. The third kappa shape index (κ3) is 5.53. The first-order valence-electron chi connectivity index (χ1n) is 12.1. The molecule has 4 aromatic rings. The quantitative estimate of drug-likeness (QED) is 0.196. The van der Waals surface area contributed by atoms with Gasteiger partial charge < -0.3 is 4.18 Å². The Morgan fingerprint density at radius 1 is 0.974 bits per heavy atom. The summed E-state index contributed by atoms with van der Waals surface area (Å²) in [5, 5.41) is 0. The van der Waals surface area contributed by atoms with E-state index in [1.54, 1.807) is 56.4 Å². The summed E-state index contributed by atoms with van der Waals surface area (Å²) in [6.45, 7) is 3.30. The van der Waals surface area contributed by atoms with Gasteiger partial charge in [-0.2, -0.15) is 21.6 Å². The summed E-state index contributed by atoms with van der Waals surface area (Å²) in [6, 6.07) is 14.9. The van der Waals surface area contributed by atoms with Crippen LogP contribution in [-0.2, 0) is 32.3 Å². The molecule has 7 nitrogen and oxygen atoms in total. The Morgan fingerprint density at radius 2 is 1.62 bits per heavy atom. The number of nitrogens with zero attached hydrogens (tertiary/aromatic N) is 2. The lowest BCUT2D eigenvalue weighted by molar-refractivity contribution is -0.0500. The molecule has 2 aromatic heterocycles. The molecule has 1 fully saturated rings. The summed E-state index contributed by atoms with van der Waals surface area (Å²) in [5.41, 5.74) is -0.407. The number of alkyl halides is 3. The average Bonchev–Trinajstić information content (AvgIpc) is 3.60. The molecule has 0 bridgehead atoms. The van der Waals surface area contributed by atoms with Crippen LogP contribution in [0.2, 0.25) is 0 Å². The van der Waals surface area contributed by atoms with Crippen LogP contribution in [0.5, 0.6) is 5.75 Å². The van der Waals surface area contributed by atoms with Gasteiger partial charge in [-0.15, -0.1) is 0 Å². The predicted molar refractivity (Wildman–Crippen MR) is 140 cm³/mol. The van der Waals surface area contributed by atoms with E-state index in [1.165, 1.54) is 16.1 Å². The van der Waals surface area contributed by atoms with Gasteiger partial charge in [0.05, 0.1) is 16.8 Å². The van der Waals surface area contributed by atoms with E-state index in [9.17, 15) is 30.0 Å². The van der Waals surface area contributed by atoms with E-state index in [1.807, 2.05) is 6.07 Å². The van der Waals surface area contributed by atoms with Crippen molar-refractivity contribution in [2.45, 2.75) is 50.3 Å². The minimum atomic E-state index is -5.78. The van der Waals surface area contributed by atoms with Crippen molar-refractivity contribution in [2.75, 3.05) is 0 Å². The average molecular weight is 579 g/mol. The number of halogens is 3. The zero-order chi connectivity index (χ0) is 28.2.